The smallest absolute Gasteiger partial charge is 0.0320 e. The Morgan fingerprint density at radius 2 is 2.08 bits per heavy atom. The molecule has 0 bridgehead atoms. The monoisotopic (exact) mass is 197 g/mol. The highest BCUT2D eigenvalue weighted by Gasteiger charge is 2.16. The van der Waals surface area contributed by atoms with Crippen LogP contribution in [-0.2, 0) is 6.42 Å². The van der Waals surface area contributed by atoms with E-state index in [0.29, 0.717) is 6.04 Å². The highest BCUT2D eigenvalue weighted by molar-refractivity contribution is 5.85. The van der Waals surface area contributed by atoms with Gasteiger partial charge in [0.25, 0.3) is 0 Å². The summed E-state index contributed by atoms with van der Waals surface area (Å²) in [5.74, 6) is 0. The van der Waals surface area contributed by atoms with Crippen LogP contribution < -0.4 is 5.32 Å². The minimum atomic E-state index is 0. The molecule has 0 spiro atoms. The van der Waals surface area contributed by atoms with Gasteiger partial charge in [-0.15, -0.1) is 12.4 Å². The summed E-state index contributed by atoms with van der Waals surface area (Å²) >= 11 is 0. The molecule has 2 rings (SSSR count). The molecular formula is C11H16ClN. The predicted octanol–water partition coefficient (Wildman–Crippen LogP) is 2.71. The zero-order valence-electron chi connectivity index (χ0n) is 7.92. The SMILES string of the molecule is CN[C@@H]1CCCc2ccccc21.Cl. The van der Waals surface area contributed by atoms with Crippen LogP contribution in [0.4, 0.5) is 0 Å². The number of nitrogens with one attached hydrogen (secondary N) is 1. The van der Waals surface area contributed by atoms with Crippen LogP contribution >= 0.6 is 12.4 Å². The van der Waals surface area contributed by atoms with Gasteiger partial charge in [-0.2, -0.15) is 0 Å². The van der Waals surface area contributed by atoms with Gasteiger partial charge in [-0.1, -0.05) is 24.3 Å². The minimum absolute atomic E-state index is 0. The van der Waals surface area contributed by atoms with Crippen molar-refractivity contribution in [2.75, 3.05) is 7.05 Å². The van der Waals surface area contributed by atoms with Crippen molar-refractivity contribution < 1.29 is 0 Å². The Labute approximate surface area is 86.0 Å². The molecule has 0 heterocycles. The number of fused-ring (bicyclic) bond motifs is 1. The first-order valence-corrected chi connectivity index (χ1v) is 4.67. The highest BCUT2D eigenvalue weighted by atomic mass is 35.5. The maximum Gasteiger partial charge on any atom is 0.0320 e. The summed E-state index contributed by atoms with van der Waals surface area (Å²) in [6.07, 6.45) is 3.87. The fourth-order valence-electron chi connectivity index (χ4n) is 2.05. The van der Waals surface area contributed by atoms with Gasteiger partial charge in [-0.3, -0.25) is 0 Å². The lowest BCUT2D eigenvalue weighted by Gasteiger charge is -2.24. The molecule has 0 saturated carbocycles. The molecular weight excluding hydrogens is 182 g/mol. The quantitative estimate of drug-likeness (QED) is 0.730. The minimum Gasteiger partial charge on any atom is -0.313 e. The molecule has 1 nitrogen and oxygen atoms in total. The average molecular weight is 198 g/mol. The van der Waals surface area contributed by atoms with Gasteiger partial charge in [0.05, 0.1) is 0 Å². The van der Waals surface area contributed by atoms with Gasteiger partial charge in [0.1, 0.15) is 0 Å². The van der Waals surface area contributed by atoms with Crippen molar-refractivity contribution in [3.8, 4) is 0 Å². The average Bonchev–Trinajstić information content (AvgIpc) is 2.17. The second-order valence-electron chi connectivity index (χ2n) is 3.43. The summed E-state index contributed by atoms with van der Waals surface area (Å²) in [6.45, 7) is 0. The number of hydrogen-bond acceptors (Lipinski definition) is 1. The summed E-state index contributed by atoms with van der Waals surface area (Å²) in [6, 6.07) is 9.36. The van der Waals surface area contributed by atoms with Crippen LogP contribution in [0, 0.1) is 0 Å². The zero-order chi connectivity index (χ0) is 8.39. The van der Waals surface area contributed by atoms with Crippen LogP contribution in [0.1, 0.15) is 30.0 Å². The Morgan fingerprint density at radius 3 is 2.85 bits per heavy atom. The van der Waals surface area contributed by atoms with Crippen molar-refractivity contribution in [2.45, 2.75) is 25.3 Å². The Bertz CT molecular complexity index is 273. The van der Waals surface area contributed by atoms with Crippen LogP contribution in [-0.4, -0.2) is 7.05 Å². The van der Waals surface area contributed by atoms with Crippen molar-refractivity contribution in [3.63, 3.8) is 0 Å². The topological polar surface area (TPSA) is 12.0 Å². The molecule has 13 heavy (non-hydrogen) atoms. The molecule has 1 aliphatic carbocycles. The Balaban J connectivity index is 0.000000845. The van der Waals surface area contributed by atoms with E-state index in [4.69, 9.17) is 0 Å². The molecule has 1 atom stereocenters. The van der Waals surface area contributed by atoms with E-state index in [9.17, 15) is 0 Å². The summed E-state index contributed by atoms with van der Waals surface area (Å²) < 4.78 is 0. The molecule has 0 unspecified atom stereocenters. The lowest BCUT2D eigenvalue weighted by molar-refractivity contribution is 0.496. The largest absolute Gasteiger partial charge is 0.313 e. The van der Waals surface area contributed by atoms with E-state index >= 15 is 0 Å². The summed E-state index contributed by atoms with van der Waals surface area (Å²) in [4.78, 5) is 0. The fourth-order valence-corrected chi connectivity index (χ4v) is 2.05. The van der Waals surface area contributed by atoms with Crippen LogP contribution in [0.25, 0.3) is 0 Å². The van der Waals surface area contributed by atoms with Crippen LogP contribution in [0.2, 0.25) is 0 Å². The third kappa shape index (κ3) is 2.04. The third-order valence-electron chi connectivity index (χ3n) is 2.72. The van der Waals surface area contributed by atoms with E-state index < -0.39 is 0 Å². The Morgan fingerprint density at radius 1 is 1.31 bits per heavy atom. The van der Waals surface area contributed by atoms with Crippen LogP contribution in [0.15, 0.2) is 24.3 Å². The normalized spacial score (nSPS) is 20.2. The third-order valence-corrected chi connectivity index (χ3v) is 2.72. The van der Waals surface area contributed by atoms with E-state index in [1.807, 2.05) is 7.05 Å². The molecule has 1 aromatic rings. The lowest BCUT2D eigenvalue weighted by atomic mass is 9.88. The number of hydrogen-bond donors (Lipinski definition) is 1. The van der Waals surface area contributed by atoms with E-state index in [0.717, 1.165) is 0 Å². The van der Waals surface area contributed by atoms with Gasteiger partial charge in [-0.25, -0.2) is 0 Å². The molecule has 1 N–H and O–H groups in total. The van der Waals surface area contributed by atoms with Crippen LogP contribution in [0.3, 0.4) is 0 Å². The van der Waals surface area contributed by atoms with Gasteiger partial charge in [0.15, 0.2) is 0 Å². The van der Waals surface area contributed by atoms with Gasteiger partial charge in [0.2, 0.25) is 0 Å². The molecule has 72 valence electrons. The Hall–Kier alpha value is -0.530. The first kappa shape index (κ1) is 10.6. The molecule has 2 heteroatoms. The van der Waals surface area contributed by atoms with Gasteiger partial charge in [0, 0.05) is 6.04 Å². The fraction of sp³-hybridized carbons (Fsp3) is 0.455. The molecule has 0 aliphatic heterocycles. The van der Waals surface area contributed by atoms with E-state index in [1.165, 1.54) is 30.4 Å². The van der Waals surface area contributed by atoms with Crippen molar-refractivity contribution in [2.24, 2.45) is 0 Å². The number of benzene rings is 1. The van der Waals surface area contributed by atoms with E-state index in [-0.39, 0.29) is 12.4 Å². The molecule has 0 amide bonds. The standard InChI is InChI=1S/C11H15N.ClH/c1-12-11-8-4-6-9-5-2-3-7-10(9)11;/h2-3,5,7,11-12H,4,6,8H2,1H3;1H/t11-;/m1./s1. The first-order chi connectivity index (χ1) is 5.92. The molecule has 0 radical (unpaired) electrons. The zero-order valence-corrected chi connectivity index (χ0v) is 8.73. The summed E-state index contributed by atoms with van der Waals surface area (Å²) in [5.41, 5.74) is 3.04. The van der Waals surface area contributed by atoms with Gasteiger partial charge >= 0.3 is 0 Å². The maximum absolute atomic E-state index is 3.36. The Kier molecular flexibility index (Phi) is 3.76. The number of halogens is 1. The number of aryl methyl sites for hydroxylation is 1. The van der Waals surface area contributed by atoms with E-state index in [1.54, 1.807) is 0 Å². The molecule has 0 saturated heterocycles. The molecule has 1 aromatic carbocycles. The summed E-state index contributed by atoms with van der Waals surface area (Å²) in [5, 5.41) is 3.36. The van der Waals surface area contributed by atoms with Crippen molar-refractivity contribution in [3.05, 3.63) is 35.4 Å². The van der Waals surface area contributed by atoms with E-state index in [2.05, 4.69) is 29.6 Å². The maximum atomic E-state index is 3.36. The van der Waals surface area contributed by atoms with Crippen LogP contribution in [0.5, 0.6) is 0 Å². The first-order valence-electron chi connectivity index (χ1n) is 4.67. The highest BCUT2D eigenvalue weighted by Crippen LogP contribution is 2.28. The van der Waals surface area contributed by atoms with Gasteiger partial charge in [-0.05, 0) is 37.4 Å². The summed E-state index contributed by atoms with van der Waals surface area (Å²) in [7, 11) is 2.05. The second-order valence-corrected chi connectivity index (χ2v) is 3.43. The van der Waals surface area contributed by atoms with Crippen molar-refractivity contribution >= 4 is 12.4 Å². The molecule has 0 fully saturated rings. The van der Waals surface area contributed by atoms with Crippen molar-refractivity contribution in [1.82, 2.24) is 5.32 Å². The molecule has 1 aliphatic rings. The van der Waals surface area contributed by atoms with Gasteiger partial charge < -0.3 is 5.32 Å². The molecule has 0 aromatic heterocycles. The second kappa shape index (κ2) is 4.64. The number of rotatable bonds is 1. The predicted molar refractivity (Wildman–Crippen MR) is 58.4 cm³/mol. The van der Waals surface area contributed by atoms with Crippen molar-refractivity contribution in [1.29, 1.82) is 0 Å². The lowest BCUT2D eigenvalue weighted by Crippen LogP contribution is -2.21.